The zero-order valence-corrected chi connectivity index (χ0v) is 11.8. The van der Waals surface area contributed by atoms with Gasteiger partial charge in [-0.1, -0.05) is 6.07 Å². The first-order chi connectivity index (χ1) is 9.88. The Hall–Kier alpha value is -2.37. The molecule has 1 aliphatic rings. The fourth-order valence-corrected chi connectivity index (χ4v) is 2.65. The number of nitrogens with two attached hydrogens (primary N) is 1. The number of rotatable bonds is 4. The number of carboxylic acid groups (broad SMARTS) is 1. The number of primary amides is 1. The number of aliphatic carboxylic acids is 1. The molecular weight excluding hydrogens is 272 g/mol. The van der Waals surface area contributed by atoms with Crippen molar-refractivity contribution in [1.82, 2.24) is 0 Å². The molecule has 4 N–H and O–H groups in total. The van der Waals surface area contributed by atoms with E-state index in [0.29, 0.717) is 30.5 Å². The van der Waals surface area contributed by atoms with Crippen molar-refractivity contribution < 1.29 is 19.5 Å². The Kier molecular flexibility index (Phi) is 4.26. The third kappa shape index (κ3) is 3.39. The fraction of sp³-hybridized carbons (Fsp3) is 0.400. The highest BCUT2D eigenvalue weighted by Gasteiger charge is 2.33. The smallest absolute Gasteiger partial charge is 0.306 e. The van der Waals surface area contributed by atoms with E-state index < -0.39 is 17.8 Å². The minimum absolute atomic E-state index is 0.210. The van der Waals surface area contributed by atoms with Crippen LogP contribution in [-0.2, 0) is 9.59 Å². The van der Waals surface area contributed by atoms with E-state index in [2.05, 4.69) is 5.32 Å². The molecule has 6 nitrogen and oxygen atoms in total. The highest BCUT2D eigenvalue weighted by molar-refractivity contribution is 5.98. The lowest BCUT2D eigenvalue weighted by molar-refractivity contribution is -0.141. The number of carbonyl (C=O) groups is 3. The standard InChI is InChI=1S/C15H18N2O4/c1-8-2-5-11(7-12(8)13(16)18)17-14(19)9-3-4-10(6-9)15(20)21/h2,5,7,9-10H,3-4,6H2,1H3,(H2,16,18)(H,17,19)(H,20,21)/t9-,10+/m1/s1. The van der Waals surface area contributed by atoms with E-state index >= 15 is 0 Å². The molecule has 6 heteroatoms. The van der Waals surface area contributed by atoms with Crippen LogP contribution in [0.15, 0.2) is 18.2 Å². The van der Waals surface area contributed by atoms with Crippen molar-refractivity contribution in [2.75, 3.05) is 5.32 Å². The maximum Gasteiger partial charge on any atom is 0.306 e. The van der Waals surface area contributed by atoms with E-state index in [0.717, 1.165) is 5.56 Å². The molecular formula is C15H18N2O4. The predicted molar refractivity (Wildman–Crippen MR) is 76.8 cm³/mol. The van der Waals surface area contributed by atoms with Crippen LogP contribution in [0.4, 0.5) is 5.69 Å². The van der Waals surface area contributed by atoms with Crippen LogP contribution >= 0.6 is 0 Å². The molecule has 1 aliphatic carbocycles. The Morgan fingerprint density at radius 1 is 1.24 bits per heavy atom. The largest absolute Gasteiger partial charge is 0.481 e. The Morgan fingerprint density at radius 2 is 1.90 bits per heavy atom. The summed E-state index contributed by atoms with van der Waals surface area (Å²) >= 11 is 0. The first-order valence-corrected chi connectivity index (χ1v) is 6.82. The molecule has 21 heavy (non-hydrogen) atoms. The summed E-state index contributed by atoms with van der Waals surface area (Å²) < 4.78 is 0. The second-order valence-corrected chi connectivity index (χ2v) is 5.43. The SMILES string of the molecule is Cc1ccc(NC(=O)[C@@H]2CC[C@H](C(=O)O)C2)cc1C(N)=O. The monoisotopic (exact) mass is 290 g/mol. The minimum atomic E-state index is -0.850. The Bertz CT molecular complexity index is 597. The van der Waals surface area contributed by atoms with Gasteiger partial charge in [0, 0.05) is 17.2 Å². The molecule has 0 spiro atoms. The van der Waals surface area contributed by atoms with Crippen molar-refractivity contribution in [2.24, 2.45) is 17.6 Å². The number of amides is 2. The van der Waals surface area contributed by atoms with Gasteiger partial charge in [-0.25, -0.2) is 0 Å². The first-order valence-electron chi connectivity index (χ1n) is 6.82. The summed E-state index contributed by atoms with van der Waals surface area (Å²) in [5.74, 6) is -2.35. The van der Waals surface area contributed by atoms with Gasteiger partial charge in [0.25, 0.3) is 0 Å². The summed E-state index contributed by atoms with van der Waals surface area (Å²) in [6.45, 7) is 1.76. The summed E-state index contributed by atoms with van der Waals surface area (Å²) in [5.41, 5.74) is 6.88. The average molecular weight is 290 g/mol. The molecule has 0 heterocycles. The number of nitrogens with one attached hydrogen (secondary N) is 1. The normalized spacial score (nSPS) is 21.0. The molecule has 0 aromatic heterocycles. The van der Waals surface area contributed by atoms with E-state index in [1.54, 1.807) is 25.1 Å². The van der Waals surface area contributed by atoms with Crippen LogP contribution in [0, 0.1) is 18.8 Å². The lowest BCUT2D eigenvalue weighted by Crippen LogP contribution is -2.22. The Morgan fingerprint density at radius 3 is 2.48 bits per heavy atom. The van der Waals surface area contributed by atoms with Crippen LogP contribution in [0.25, 0.3) is 0 Å². The molecule has 2 amide bonds. The molecule has 1 fully saturated rings. The second-order valence-electron chi connectivity index (χ2n) is 5.43. The molecule has 1 aromatic carbocycles. The van der Waals surface area contributed by atoms with Crippen molar-refractivity contribution in [3.05, 3.63) is 29.3 Å². The topological polar surface area (TPSA) is 109 Å². The molecule has 0 bridgehead atoms. The van der Waals surface area contributed by atoms with Crippen LogP contribution < -0.4 is 11.1 Å². The zero-order chi connectivity index (χ0) is 15.6. The summed E-state index contributed by atoms with van der Waals surface area (Å²) in [6, 6.07) is 4.95. The lowest BCUT2D eigenvalue weighted by Gasteiger charge is -2.12. The summed E-state index contributed by atoms with van der Waals surface area (Å²) in [7, 11) is 0. The highest BCUT2D eigenvalue weighted by atomic mass is 16.4. The maximum atomic E-state index is 12.1. The van der Waals surface area contributed by atoms with Crippen LogP contribution in [0.3, 0.4) is 0 Å². The van der Waals surface area contributed by atoms with Crippen molar-refractivity contribution in [2.45, 2.75) is 26.2 Å². The van der Waals surface area contributed by atoms with Crippen molar-refractivity contribution in [1.29, 1.82) is 0 Å². The number of hydrogen-bond acceptors (Lipinski definition) is 3. The number of carbonyl (C=O) groups excluding carboxylic acids is 2. The van der Waals surface area contributed by atoms with Crippen molar-refractivity contribution in [3.8, 4) is 0 Å². The number of benzene rings is 1. The maximum absolute atomic E-state index is 12.1. The van der Waals surface area contributed by atoms with Crippen molar-refractivity contribution >= 4 is 23.5 Å². The Balaban J connectivity index is 2.05. The van der Waals surface area contributed by atoms with E-state index in [4.69, 9.17) is 10.8 Å². The number of aryl methyl sites for hydroxylation is 1. The third-order valence-electron chi connectivity index (χ3n) is 3.92. The lowest BCUT2D eigenvalue weighted by atomic mass is 10.0. The number of hydrogen-bond donors (Lipinski definition) is 3. The van der Waals surface area contributed by atoms with Gasteiger partial charge in [0.2, 0.25) is 11.8 Å². The number of anilines is 1. The van der Waals surface area contributed by atoms with Crippen LogP contribution in [-0.4, -0.2) is 22.9 Å². The Labute approximate surface area is 122 Å². The number of carboxylic acids is 1. The molecule has 0 aliphatic heterocycles. The summed E-state index contributed by atoms with van der Waals surface area (Å²) in [5, 5.41) is 11.7. The molecule has 1 saturated carbocycles. The molecule has 2 rings (SSSR count). The quantitative estimate of drug-likeness (QED) is 0.781. The van der Waals surface area contributed by atoms with Gasteiger partial charge < -0.3 is 16.2 Å². The molecule has 0 saturated heterocycles. The molecule has 112 valence electrons. The van der Waals surface area contributed by atoms with Gasteiger partial charge in [-0.2, -0.15) is 0 Å². The third-order valence-corrected chi connectivity index (χ3v) is 3.92. The van der Waals surface area contributed by atoms with E-state index in [1.807, 2.05) is 0 Å². The van der Waals surface area contributed by atoms with Crippen LogP contribution in [0.2, 0.25) is 0 Å². The average Bonchev–Trinajstić information content (AvgIpc) is 2.90. The first kappa shape index (κ1) is 15.0. The van der Waals surface area contributed by atoms with Gasteiger partial charge in [0.05, 0.1) is 5.92 Å². The van der Waals surface area contributed by atoms with Gasteiger partial charge in [-0.3, -0.25) is 14.4 Å². The van der Waals surface area contributed by atoms with Gasteiger partial charge in [0.15, 0.2) is 0 Å². The van der Waals surface area contributed by atoms with Gasteiger partial charge >= 0.3 is 5.97 Å². The van der Waals surface area contributed by atoms with E-state index in [-0.39, 0.29) is 11.8 Å². The summed E-state index contributed by atoms with van der Waals surface area (Å²) in [4.78, 5) is 34.3. The van der Waals surface area contributed by atoms with E-state index in [1.165, 1.54) is 0 Å². The van der Waals surface area contributed by atoms with Gasteiger partial charge in [-0.15, -0.1) is 0 Å². The molecule has 1 aromatic rings. The second kappa shape index (κ2) is 5.95. The molecule has 2 atom stereocenters. The van der Waals surface area contributed by atoms with E-state index in [9.17, 15) is 14.4 Å². The predicted octanol–water partition coefficient (Wildman–Crippen LogP) is 1.53. The van der Waals surface area contributed by atoms with Crippen LogP contribution in [0.5, 0.6) is 0 Å². The van der Waals surface area contributed by atoms with Gasteiger partial charge in [0.1, 0.15) is 0 Å². The fourth-order valence-electron chi connectivity index (χ4n) is 2.65. The summed E-state index contributed by atoms with van der Waals surface area (Å²) in [6.07, 6.45) is 1.45. The minimum Gasteiger partial charge on any atom is -0.481 e. The van der Waals surface area contributed by atoms with Gasteiger partial charge in [-0.05, 0) is 43.9 Å². The van der Waals surface area contributed by atoms with Crippen LogP contribution in [0.1, 0.15) is 35.2 Å². The molecule has 0 radical (unpaired) electrons. The molecule has 0 unspecified atom stereocenters. The zero-order valence-electron chi connectivity index (χ0n) is 11.8. The van der Waals surface area contributed by atoms with Crippen molar-refractivity contribution in [3.63, 3.8) is 0 Å². The highest BCUT2D eigenvalue weighted by Crippen LogP contribution is 2.32.